The van der Waals surface area contributed by atoms with Crippen molar-refractivity contribution in [1.29, 1.82) is 0 Å². The second-order valence-electron chi connectivity index (χ2n) is 5.75. The fraction of sp³-hybridized carbons (Fsp3) is 0.562. The van der Waals surface area contributed by atoms with Crippen molar-refractivity contribution in [2.75, 3.05) is 24.4 Å². The number of benzene rings is 1. The summed E-state index contributed by atoms with van der Waals surface area (Å²) in [6, 6.07) is 5.74. The van der Waals surface area contributed by atoms with E-state index >= 15 is 0 Å². The Morgan fingerprint density at radius 1 is 1.33 bits per heavy atom. The normalized spacial score (nSPS) is 11.1. The van der Waals surface area contributed by atoms with Crippen LogP contribution in [0.1, 0.15) is 32.8 Å². The van der Waals surface area contributed by atoms with Crippen LogP contribution in [0.5, 0.6) is 5.75 Å². The first-order valence-electron chi connectivity index (χ1n) is 7.01. The third-order valence-electron chi connectivity index (χ3n) is 2.75. The van der Waals surface area contributed by atoms with E-state index < -0.39 is 11.7 Å². The van der Waals surface area contributed by atoms with Gasteiger partial charge in [0.15, 0.2) is 0 Å². The molecule has 1 N–H and O–H groups in total. The van der Waals surface area contributed by atoms with Crippen molar-refractivity contribution >= 4 is 23.5 Å². The van der Waals surface area contributed by atoms with Gasteiger partial charge in [-0.25, -0.2) is 4.79 Å². The molecular formula is C16H25NO3S. The predicted molar refractivity (Wildman–Crippen MR) is 89.6 cm³/mol. The first-order valence-corrected chi connectivity index (χ1v) is 8.41. The van der Waals surface area contributed by atoms with Crippen molar-refractivity contribution in [2.45, 2.75) is 39.2 Å². The molecule has 0 bridgehead atoms. The van der Waals surface area contributed by atoms with E-state index in [-0.39, 0.29) is 0 Å². The molecule has 0 aromatic heterocycles. The quantitative estimate of drug-likeness (QED) is 0.794. The summed E-state index contributed by atoms with van der Waals surface area (Å²) in [5, 5.41) is 2.82. The van der Waals surface area contributed by atoms with E-state index in [0.717, 1.165) is 35.6 Å². The number of amides is 1. The van der Waals surface area contributed by atoms with Gasteiger partial charge in [-0.2, -0.15) is 11.8 Å². The number of ether oxygens (including phenoxy) is 2. The Morgan fingerprint density at radius 2 is 2.05 bits per heavy atom. The number of hydrogen-bond acceptors (Lipinski definition) is 4. The number of carbonyl (C=O) groups excluding carboxylic acids is 1. The summed E-state index contributed by atoms with van der Waals surface area (Å²) < 4.78 is 10.5. The van der Waals surface area contributed by atoms with E-state index in [1.807, 2.05) is 50.7 Å². The molecule has 0 radical (unpaired) electrons. The molecule has 0 heterocycles. The number of methoxy groups -OCH3 is 1. The Labute approximate surface area is 131 Å². The second-order valence-corrected chi connectivity index (χ2v) is 6.73. The maximum atomic E-state index is 11.9. The van der Waals surface area contributed by atoms with Gasteiger partial charge in [0, 0.05) is 6.07 Å². The molecule has 4 nitrogen and oxygen atoms in total. The molecule has 0 aliphatic rings. The molecule has 118 valence electrons. The molecule has 0 atom stereocenters. The Bertz CT molecular complexity index is 469. The molecule has 0 unspecified atom stereocenters. The minimum absolute atomic E-state index is 0.443. The van der Waals surface area contributed by atoms with Crippen LogP contribution in [0.15, 0.2) is 18.2 Å². The van der Waals surface area contributed by atoms with Crippen LogP contribution in [0.3, 0.4) is 0 Å². The average Bonchev–Trinajstić information content (AvgIpc) is 2.38. The van der Waals surface area contributed by atoms with Gasteiger partial charge in [-0.3, -0.25) is 5.32 Å². The van der Waals surface area contributed by atoms with Crippen molar-refractivity contribution in [3.8, 4) is 5.75 Å². The van der Waals surface area contributed by atoms with Gasteiger partial charge in [0.25, 0.3) is 0 Å². The predicted octanol–water partition coefficient (Wildman–Crippen LogP) is 4.34. The largest absolute Gasteiger partial charge is 0.497 e. The lowest BCUT2D eigenvalue weighted by atomic mass is 10.1. The first kappa shape index (κ1) is 17.7. The van der Waals surface area contributed by atoms with Crippen molar-refractivity contribution in [3.63, 3.8) is 0 Å². The van der Waals surface area contributed by atoms with Crippen LogP contribution in [0.4, 0.5) is 10.5 Å². The summed E-state index contributed by atoms with van der Waals surface area (Å²) in [6.45, 7) is 5.53. The van der Waals surface area contributed by atoms with Gasteiger partial charge in [0.1, 0.15) is 11.4 Å². The highest BCUT2D eigenvalue weighted by Gasteiger charge is 2.17. The van der Waals surface area contributed by atoms with Crippen molar-refractivity contribution in [2.24, 2.45) is 0 Å². The van der Waals surface area contributed by atoms with E-state index in [1.165, 1.54) is 0 Å². The summed E-state index contributed by atoms with van der Waals surface area (Å²) in [7, 11) is 1.61. The number of hydrogen-bond donors (Lipinski definition) is 1. The van der Waals surface area contributed by atoms with Crippen LogP contribution in [0.2, 0.25) is 0 Å². The molecule has 21 heavy (non-hydrogen) atoms. The van der Waals surface area contributed by atoms with E-state index in [4.69, 9.17) is 9.47 Å². The van der Waals surface area contributed by atoms with Crippen LogP contribution in [-0.2, 0) is 11.2 Å². The van der Waals surface area contributed by atoms with E-state index in [2.05, 4.69) is 11.6 Å². The molecule has 0 aliphatic carbocycles. The zero-order valence-electron chi connectivity index (χ0n) is 13.5. The third-order valence-corrected chi connectivity index (χ3v) is 3.44. The van der Waals surface area contributed by atoms with Gasteiger partial charge in [-0.05, 0) is 57.3 Å². The highest BCUT2D eigenvalue weighted by molar-refractivity contribution is 7.98. The van der Waals surface area contributed by atoms with Crippen LogP contribution >= 0.6 is 11.8 Å². The van der Waals surface area contributed by atoms with Crippen LogP contribution < -0.4 is 10.1 Å². The fourth-order valence-electron chi connectivity index (χ4n) is 1.84. The van der Waals surface area contributed by atoms with E-state index in [0.29, 0.717) is 0 Å². The minimum atomic E-state index is -0.512. The second kappa shape index (κ2) is 8.17. The van der Waals surface area contributed by atoms with E-state index in [9.17, 15) is 4.79 Å². The van der Waals surface area contributed by atoms with Crippen molar-refractivity contribution < 1.29 is 14.3 Å². The molecule has 1 rings (SSSR count). The zero-order chi connectivity index (χ0) is 15.9. The van der Waals surface area contributed by atoms with Crippen LogP contribution in [0, 0.1) is 0 Å². The summed E-state index contributed by atoms with van der Waals surface area (Å²) in [5.41, 5.74) is 1.34. The van der Waals surface area contributed by atoms with Gasteiger partial charge in [0.2, 0.25) is 0 Å². The lowest BCUT2D eigenvalue weighted by Crippen LogP contribution is -2.27. The number of aryl methyl sites for hydroxylation is 1. The Morgan fingerprint density at radius 3 is 2.62 bits per heavy atom. The Kier molecular flexibility index (Phi) is 6.89. The molecule has 1 aromatic rings. The summed E-state index contributed by atoms with van der Waals surface area (Å²) in [6.07, 6.45) is 3.63. The number of nitrogens with one attached hydrogen (secondary N) is 1. The summed E-state index contributed by atoms with van der Waals surface area (Å²) in [5.74, 6) is 1.81. The number of thioether (sulfide) groups is 1. The molecular weight excluding hydrogens is 286 g/mol. The monoisotopic (exact) mass is 311 g/mol. The van der Waals surface area contributed by atoms with Gasteiger partial charge >= 0.3 is 6.09 Å². The fourth-order valence-corrected chi connectivity index (χ4v) is 2.27. The molecule has 1 aromatic carbocycles. The lowest BCUT2D eigenvalue weighted by Gasteiger charge is -2.20. The zero-order valence-corrected chi connectivity index (χ0v) is 14.3. The topological polar surface area (TPSA) is 47.6 Å². The lowest BCUT2D eigenvalue weighted by molar-refractivity contribution is 0.0636. The molecule has 5 heteroatoms. The van der Waals surface area contributed by atoms with E-state index in [1.54, 1.807) is 7.11 Å². The molecule has 0 spiro atoms. The maximum Gasteiger partial charge on any atom is 0.412 e. The molecule has 0 aliphatic heterocycles. The summed E-state index contributed by atoms with van der Waals surface area (Å²) in [4.78, 5) is 11.9. The first-order chi connectivity index (χ1) is 9.85. The molecule has 0 saturated heterocycles. The Hall–Kier alpha value is -1.36. The smallest absolute Gasteiger partial charge is 0.412 e. The van der Waals surface area contributed by atoms with Gasteiger partial charge < -0.3 is 9.47 Å². The number of rotatable bonds is 6. The number of carbonyl (C=O) groups is 1. The molecule has 1 amide bonds. The van der Waals surface area contributed by atoms with Gasteiger partial charge in [0.05, 0.1) is 12.8 Å². The average molecular weight is 311 g/mol. The minimum Gasteiger partial charge on any atom is -0.497 e. The molecule has 0 fully saturated rings. The van der Waals surface area contributed by atoms with Gasteiger partial charge in [-0.1, -0.05) is 6.07 Å². The highest BCUT2D eigenvalue weighted by Crippen LogP contribution is 2.25. The highest BCUT2D eigenvalue weighted by atomic mass is 32.2. The Balaban J connectivity index is 2.83. The maximum absolute atomic E-state index is 11.9. The van der Waals surface area contributed by atoms with Crippen LogP contribution in [0.25, 0.3) is 0 Å². The SMILES string of the molecule is COc1ccc(CCCSC)c(NC(=O)OC(C)(C)C)c1. The molecule has 0 saturated carbocycles. The summed E-state index contributed by atoms with van der Waals surface area (Å²) >= 11 is 1.82. The number of anilines is 1. The van der Waals surface area contributed by atoms with Crippen molar-refractivity contribution in [1.82, 2.24) is 0 Å². The standard InChI is InChI=1S/C16H25NO3S/c1-16(2,3)20-15(18)17-14-11-13(19-4)9-8-12(14)7-6-10-21-5/h8-9,11H,6-7,10H2,1-5H3,(H,17,18). The van der Waals surface area contributed by atoms with Gasteiger partial charge in [-0.15, -0.1) is 0 Å². The van der Waals surface area contributed by atoms with Crippen LogP contribution in [-0.4, -0.2) is 30.8 Å². The third kappa shape index (κ3) is 6.76. The van der Waals surface area contributed by atoms with Crippen molar-refractivity contribution in [3.05, 3.63) is 23.8 Å².